The molecule has 1 aromatic carbocycles. The van der Waals surface area contributed by atoms with Crippen LogP contribution < -0.4 is 5.73 Å². The Morgan fingerprint density at radius 2 is 2.00 bits per heavy atom. The molecule has 1 fully saturated rings. The van der Waals surface area contributed by atoms with E-state index in [-0.39, 0.29) is 11.9 Å². The first-order valence-corrected chi connectivity index (χ1v) is 7.19. The minimum Gasteiger partial charge on any atom is -0.324 e. The smallest absolute Gasteiger partial charge is 0.130 e. The summed E-state index contributed by atoms with van der Waals surface area (Å²) in [6, 6.07) is 5.38. The standard InChI is InChI=1S/C16H24FN/c1-12-6-5-9-14(16(12)17)15(18)11-10-13-7-3-2-4-8-13/h5-6,9,13,15H,2-4,7-8,10-11,18H2,1H3. The quantitative estimate of drug-likeness (QED) is 0.835. The Bertz CT molecular complexity index is 383. The predicted molar refractivity (Wildman–Crippen MR) is 73.9 cm³/mol. The first kappa shape index (κ1) is 13.5. The minimum atomic E-state index is -0.146. The van der Waals surface area contributed by atoms with Crippen LogP contribution in [0.15, 0.2) is 18.2 Å². The summed E-state index contributed by atoms with van der Waals surface area (Å²) in [5.41, 5.74) is 7.52. The lowest BCUT2D eigenvalue weighted by molar-refractivity contribution is 0.323. The highest BCUT2D eigenvalue weighted by molar-refractivity contribution is 5.27. The van der Waals surface area contributed by atoms with Gasteiger partial charge in [0.2, 0.25) is 0 Å². The fourth-order valence-corrected chi connectivity index (χ4v) is 3.00. The van der Waals surface area contributed by atoms with Crippen molar-refractivity contribution in [2.24, 2.45) is 11.7 Å². The van der Waals surface area contributed by atoms with Gasteiger partial charge in [-0.15, -0.1) is 0 Å². The molecule has 0 radical (unpaired) electrons. The molecule has 18 heavy (non-hydrogen) atoms. The third kappa shape index (κ3) is 3.32. The molecular formula is C16H24FN. The van der Waals surface area contributed by atoms with Crippen LogP contribution in [0.3, 0.4) is 0 Å². The Labute approximate surface area is 110 Å². The molecule has 100 valence electrons. The molecule has 1 saturated carbocycles. The summed E-state index contributed by atoms with van der Waals surface area (Å²) >= 11 is 0. The van der Waals surface area contributed by atoms with Crippen LogP contribution in [0.25, 0.3) is 0 Å². The Balaban J connectivity index is 1.90. The molecule has 0 bridgehead atoms. The van der Waals surface area contributed by atoms with Crippen molar-refractivity contribution in [1.29, 1.82) is 0 Å². The average molecular weight is 249 g/mol. The summed E-state index contributed by atoms with van der Waals surface area (Å²) in [6.45, 7) is 1.80. The maximum Gasteiger partial charge on any atom is 0.130 e. The number of benzene rings is 1. The van der Waals surface area contributed by atoms with Crippen LogP contribution in [-0.4, -0.2) is 0 Å². The lowest BCUT2D eigenvalue weighted by Gasteiger charge is -2.23. The van der Waals surface area contributed by atoms with Gasteiger partial charge >= 0.3 is 0 Å². The molecular weight excluding hydrogens is 225 g/mol. The number of aryl methyl sites for hydroxylation is 1. The second-order valence-electron chi connectivity index (χ2n) is 5.67. The number of nitrogens with two attached hydrogens (primary N) is 1. The van der Waals surface area contributed by atoms with Gasteiger partial charge in [0.25, 0.3) is 0 Å². The van der Waals surface area contributed by atoms with Gasteiger partial charge in [0.05, 0.1) is 0 Å². The van der Waals surface area contributed by atoms with Crippen LogP contribution in [0.2, 0.25) is 0 Å². The monoisotopic (exact) mass is 249 g/mol. The highest BCUT2D eigenvalue weighted by Gasteiger charge is 2.17. The summed E-state index contributed by atoms with van der Waals surface area (Å²) in [7, 11) is 0. The molecule has 0 saturated heterocycles. The van der Waals surface area contributed by atoms with Gasteiger partial charge in [-0.3, -0.25) is 0 Å². The van der Waals surface area contributed by atoms with Crippen LogP contribution in [0.5, 0.6) is 0 Å². The fraction of sp³-hybridized carbons (Fsp3) is 0.625. The molecule has 0 heterocycles. The first-order chi connectivity index (χ1) is 8.68. The second-order valence-corrected chi connectivity index (χ2v) is 5.67. The van der Waals surface area contributed by atoms with E-state index in [9.17, 15) is 4.39 Å². The molecule has 0 amide bonds. The van der Waals surface area contributed by atoms with Gasteiger partial charge in [-0.05, 0) is 31.2 Å². The number of hydrogen-bond donors (Lipinski definition) is 1. The van der Waals surface area contributed by atoms with E-state index in [0.29, 0.717) is 11.1 Å². The van der Waals surface area contributed by atoms with Crippen molar-refractivity contribution < 1.29 is 4.39 Å². The number of hydrogen-bond acceptors (Lipinski definition) is 1. The van der Waals surface area contributed by atoms with Crippen molar-refractivity contribution >= 4 is 0 Å². The van der Waals surface area contributed by atoms with Crippen molar-refractivity contribution in [2.75, 3.05) is 0 Å². The van der Waals surface area contributed by atoms with Crippen LogP contribution in [0.1, 0.15) is 62.1 Å². The molecule has 1 aromatic rings. The molecule has 1 unspecified atom stereocenters. The van der Waals surface area contributed by atoms with Crippen molar-refractivity contribution in [2.45, 2.75) is 57.9 Å². The third-order valence-corrected chi connectivity index (χ3v) is 4.23. The summed E-state index contributed by atoms with van der Waals surface area (Å²) < 4.78 is 13.9. The minimum absolute atomic E-state index is 0.117. The van der Waals surface area contributed by atoms with Gasteiger partial charge in [-0.25, -0.2) is 4.39 Å². The van der Waals surface area contributed by atoms with Gasteiger partial charge in [0, 0.05) is 11.6 Å². The van der Waals surface area contributed by atoms with E-state index in [2.05, 4.69) is 0 Å². The molecule has 2 N–H and O–H groups in total. The molecule has 1 atom stereocenters. The largest absolute Gasteiger partial charge is 0.324 e. The Morgan fingerprint density at radius 3 is 2.72 bits per heavy atom. The third-order valence-electron chi connectivity index (χ3n) is 4.23. The molecule has 0 aromatic heterocycles. The van der Waals surface area contributed by atoms with Crippen molar-refractivity contribution in [3.05, 3.63) is 35.1 Å². The molecule has 1 nitrogen and oxygen atoms in total. The second kappa shape index (κ2) is 6.33. The highest BCUT2D eigenvalue weighted by Crippen LogP contribution is 2.30. The zero-order chi connectivity index (χ0) is 13.0. The molecule has 1 aliphatic carbocycles. The molecule has 0 spiro atoms. The number of rotatable bonds is 4. The van der Waals surface area contributed by atoms with E-state index in [1.807, 2.05) is 12.1 Å². The Morgan fingerprint density at radius 1 is 1.28 bits per heavy atom. The molecule has 2 rings (SSSR count). The zero-order valence-electron chi connectivity index (χ0n) is 11.3. The van der Waals surface area contributed by atoms with E-state index in [0.717, 1.165) is 18.8 Å². The lowest BCUT2D eigenvalue weighted by Crippen LogP contribution is -2.15. The first-order valence-electron chi connectivity index (χ1n) is 7.19. The predicted octanol–water partition coefficient (Wildman–Crippen LogP) is 4.49. The van der Waals surface area contributed by atoms with Gasteiger partial charge < -0.3 is 5.73 Å². The summed E-state index contributed by atoms with van der Waals surface area (Å²) in [5.74, 6) is 0.700. The van der Waals surface area contributed by atoms with Crippen molar-refractivity contribution in [3.63, 3.8) is 0 Å². The van der Waals surface area contributed by atoms with Crippen molar-refractivity contribution in [3.8, 4) is 0 Å². The normalized spacial score (nSPS) is 18.8. The van der Waals surface area contributed by atoms with Gasteiger partial charge in [-0.2, -0.15) is 0 Å². The highest BCUT2D eigenvalue weighted by atomic mass is 19.1. The van der Waals surface area contributed by atoms with Gasteiger partial charge in [-0.1, -0.05) is 50.3 Å². The van der Waals surface area contributed by atoms with Gasteiger partial charge in [0.1, 0.15) is 5.82 Å². The molecule has 0 aliphatic heterocycles. The van der Waals surface area contributed by atoms with Crippen LogP contribution in [-0.2, 0) is 0 Å². The van der Waals surface area contributed by atoms with E-state index in [1.165, 1.54) is 32.1 Å². The van der Waals surface area contributed by atoms with Crippen LogP contribution in [0, 0.1) is 18.7 Å². The number of halogens is 1. The van der Waals surface area contributed by atoms with Gasteiger partial charge in [0.15, 0.2) is 0 Å². The maximum atomic E-state index is 13.9. The lowest BCUT2D eigenvalue weighted by atomic mass is 9.84. The zero-order valence-corrected chi connectivity index (χ0v) is 11.3. The topological polar surface area (TPSA) is 26.0 Å². The summed E-state index contributed by atoms with van der Waals surface area (Å²) in [4.78, 5) is 0. The van der Waals surface area contributed by atoms with E-state index in [4.69, 9.17) is 5.73 Å². The maximum absolute atomic E-state index is 13.9. The van der Waals surface area contributed by atoms with E-state index < -0.39 is 0 Å². The molecule has 1 aliphatic rings. The SMILES string of the molecule is Cc1cccc(C(N)CCC2CCCCC2)c1F. The van der Waals surface area contributed by atoms with Crippen LogP contribution in [0.4, 0.5) is 4.39 Å². The Kier molecular flexibility index (Phi) is 4.76. The Hall–Kier alpha value is -0.890. The van der Waals surface area contributed by atoms with E-state index in [1.54, 1.807) is 13.0 Å². The van der Waals surface area contributed by atoms with Crippen LogP contribution >= 0.6 is 0 Å². The molecule has 2 heteroatoms. The summed E-state index contributed by atoms with van der Waals surface area (Å²) in [5, 5.41) is 0. The average Bonchev–Trinajstić information content (AvgIpc) is 2.40. The fourth-order valence-electron chi connectivity index (χ4n) is 3.00. The van der Waals surface area contributed by atoms with Crippen molar-refractivity contribution in [1.82, 2.24) is 0 Å². The van der Waals surface area contributed by atoms with E-state index >= 15 is 0 Å². The summed E-state index contributed by atoms with van der Waals surface area (Å²) in [6.07, 6.45) is 8.83.